The summed E-state index contributed by atoms with van der Waals surface area (Å²) in [6.45, 7) is 1.98. The molecule has 3 nitrogen and oxygen atoms in total. The molecular formula is C20H19BrN2O. The summed E-state index contributed by atoms with van der Waals surface area (Å²) in [7, 11) is 0. The summed E-state index contributed by atoms with van der Waals surface area (Å²) in [5.41, 5.74) is 5.61. The number of carbonyl (C=O) groups is 1. The van der Waals surface area contributed by atoms with Crippen LogP contribution in [0.25, 0.3) is 10.9 Å². The molecule has 4 heteroatoms. The number of carbonyl (C=O) groups excluding carboxylic acids is 1. The minimum atomic E-state index is 0.0302. The van der Waals surface area contributed by atoms with E-state index in [1.54, 1.807) is 0 Å². The number of hydrogen-bond acceptors (Lipinski definition) is 1. The Morgan fingerprint density at radius 2 is 2.08 bits per heavy atom. The molecule has 0 radical (unpaired) electrons. The van der Waals surface area contributed by atoms with E-state index >= 15 is 0 Å². The highest BCUT2D eigenvalue weighted by Crippen LogP contribution is 2.31. The lowest BCUT2D eigenvalue weighted by atomic mass is 9.91. The van der Waals surface area contributed by atoms with Crippen LogP contribution in [0.2, 0.25) is 0 Å². The number of aryl methyl sites for hydroxylation is 2. The molecule has 0 aliphatic heterocycles. The topological polar surface area (TPSA) is 44.9 Å². The molecule has 1 amide bonds. The molecule has 24 heavy (non-hydrogen) atoms. The number of amides is 1. The summed E-state index contributed by atoms with van der Waals surface area (Å²) in [5.74, 6) is 0.0302. The number of aromatic amines is 1. The highest BCUT2D eigenvalue weighted by atomic mass is 79.9. The number of fused-ring (bicyclic) bond motifs is 3. The molecule has 3 aromatic rings. The Bertz CT molecular complexity index is 929. The molecule has 1 unspecified atom stereocenters. The van der Waals surface area contributed by atoms with E-state index in [0.717, 1.165) is 34.9 Å². The van der Waals surface area contributed by atoms with Crippen LogP contribution < -0.4 is 5.32 Å². The zero-order valence-electron chi connectivity index (χ0n) is 13.5. The van der Waals surface area contributed by atoms with Crippen molar-refractivity contribution in [3.8, 4) is 0 Å². The average molecular weight is 383 g/mol. The molecular weight excluding hydrogens is 364 g/mol. The Labute approximate surface area is 149 Å². The zero-order valence-corrected chi connectivity index (χ0v) is 15.1. The molecule has 1 aromatic heterocycles. The summed E-state index contributed by atoms with van der Waals surface area (Å²) in [6.07, 6.45) is 2.82. The number of nitrogens with one attached hydrogen (secondary N) is 2. The maximum absolute atomic E-state index is 12.6. The first-order chi connectivity index (χ1) is 11.6. The van der Waals surface area contributed by atoms with Crippen molar-refractivity contribution in [2.75, 3.05) is 0 Å². The Hall–Kier alpha value is -2.07. The van der Waals surface area contributed by atoms with Gasteiger partial charge in [-0.3, -0.25) is 4.79 Å². The summed E-state index contributed by atoms with van der Waals surface area (Å²) in [4.78, 5) is 16.1. The van der Waals surface area contributed by atoms with Crippen LogP contribution in [0.1, 0.15) is 33.6 Å². The Morgan fingerprint density at radius 1 is 1.25 bits per heavy atom. The van der Waals surface area contributed by atoms with Crippen molar-refractivity contribution in [3.05, 3.63) is 69.3 Å². The average Bonchev–Trinajstić information content (AvgIpc) is 2.92. The fourth-order valence-electron chi connectivity index (χ4n) is 3.60. The van der Waals surface area contributed by atoms with Crippen LogP contribution in [0.5, 0.6) is 0 Å². The molecule has 2 aromatic carbocycles. The van der Waals surface area contributed by atoms with Gasteiger partial charge in [-0.25, -0.2) is 0 Å². The van der Waals surface area contributed by atoms with E-state index in [1.807, 2.05) is 31.2 Å². The predicted octanol–water partition coefficient (Wildman–Crippen LogP) is 4.53. The number of hydrogen-bond donors (Lipinski definition) is 2. The van der Waals surface area contributed by atoms with Gasteiger partial charge in [0.25, 0.3) is 5.91 Å². The van der Waals surface area contributed by atoms with E-state index in [1.165, 1.54) is 22.2 Å². The minimum Gasteiger partial charge on any atom is -0.358 e. The van der Waals surface area contributed by atoms with Crippen LogP contribution in [0, 0.1) is 6.92 Å². The monoisotopic (exact) mass is 382 g/mol. The molecule has 2 N–H and O–H groups in total. The number of rotatable bonds is 2. The first-order valence-corrected chi connectivity index (χ1v) is 9.06. The third-order valence-electron chi connectivity index (χ3n) is 4.87. The van der Waals surface area contributed by atoms with Crippen molar-refractivity contribution in [2.45, 2.75) is 32.2 Å². The molecule has 1 aliphatic rings. The molecule has 0 fully saturated rings. The maximum Gasteiger partial charge on any atom is 0.251 e. The normalized spacial score (nSPS) is 16.8. The maximum atomic E-state index is 12.6. The molecule has 1 heterocycles. The van der Waals surface area contributed by atoms with E-state index in [-0.39, 0.29) is 11.9 Å². The zero-order chi connectivity index (χ0) is 16.7. The molecule has 1 aliphatic carbocycles. The SMILES string of the molecule is Cc1ccccc1C(=O)NC1CCc2[nH]c3ccc(Br)cc3c2C1. The first-order valence-electron chi connectivity index (χ1n) is 8.27. The summed E-state index contributed by atoms with van der Waals surface area (Å²) in [5, 5.41) is 4.48. The highest BCUT2D eigenvalue weighted by Gasteiger charge is 2.24. The van der Waals surface area contributed by atoms with Crippen molar-refractivity contribution in [1.82, 2.24) is 10.3 Å². The van der Waals surface area contributed by atoms with Gasteiger partial charge in [0.05, 0.1) is 0 Å². The van der Waals surface area contributed by atoms with Crippen LogP contribution in [0.3, 0.4) is 0 Å². The molecule has 4 rings (SSSR count). The van der Waals surface area contributed by atoms with Crippen LogP contribution in [0.15, 0.2) is 46.9 Å². The van der Waals surface area contributed by atoms with E-state index in [2.05, 4.69) is 44.4 Å². The lowest BCUT2D eigenvalue weighted by Crippen LogP contribution is -2.39. The van der Waals surface area contributed by atoms with E-state index < -0.39 is 0 Å². The molecule has 122 valence electrons. The van der Waals surface area contributed by atoms with Gasteiger partial charge in [0, 0.05) is 32.7 Å². The van der Waals surface area contributed by atoms with Crippen molar-refractivity contribution in [1.29, 1.82) is 0 Å². The van der Waals surface area contributed by atoms with E-state index in [9.17, 15) is 4.79 Å². The molecule has 0 saturated heterocycles. The van der Waals surface area contributed by atoms with E-state index in [0.29, 0.717) is 0 Å². The molecule has 0 spiro atoms. The van der Waals surface area contributed by atoms with Gasteiger partial charge in [-0.1, -0.05) is 34.1 Å². The smallest absolute Gasteiger partial charge is 0.251 e. The second-order valence-electron chi connectivity index (χ2n) is 6.50. The number of H-pyrrole nitrogens is 1. The van der Waals surface area contributed by atoms with Crippen LogP contribution in [-0.4, -0.2) is 16.9 Å². The predicted molar refractivity (Wildman–Crippen MR) is 100 cm³/mol. The molecule has 0 bridgehead atoms. The van der Waals surface area contributed by atoms with Gasteiger partial charge in [0.2, 0.25) is 0 Å². The van der Waals surface area contributed by atoms with Crippen molar-refractivity contribution >= 4 is 32.7 Å². The number of benzene rings is 2. The van der Waals surface area contributed by atoms with Gasteiger partial charge in [-0.15, -0.1) is 0 Å². The van der Waals surface area contributed by atoms with Crippen LogP contribution in [0.4, 0.5) is 0 Å². The lowest BCUT2D eigenvalue weighted by Gasteiger charge is -2.24. The summed E-state index contributed by atoms with van der Waals surface area (Å²) < 4.78 is 1.09. The highest BCUT2D eigenvalue weighted by molar-refractivity contribution is 9.10. The third-order valence-corrected chi connectivity index (χ3v) is 5.37. The van der Waals surface area contributed by atoms with Crippen molar-refractivity contribution in [3.63, 3.8) is 0 Å². The Kier molecular flexibility index (Phi) is 3.93. The number of aromatic nitrogens is 1. The number of halogens is 1. The van der Waals surface area contributed by atoms with Gasteiger partial charge in [0.15, 0.2) is 0 Å². The molecule has 0 saturated carbocycles. The standard InChI is InChI=1S/C20H19BrN2O/c1-12-4-2-3-5-15(12)20(24)22-14-7-9-19-17(11-14)16-10-13(21)6-8-18(16)23-19/h2-6,8,10,14,23H,7,9,11H2,1H3,(H,22,24). The van der Waals surface area contributed by atoms with Crippen LogP contribution >= 0.6 is 15.9 Å². The molecule has 1 atom stereocenters. The second kappa shape index (κ2) is 6.10. The largest absolute Gasteiger partial charge is 0.358 e. The fraction of sp³-hybridized carbons (Fsp3) is 0.250. The summed E-state index contributed by atoms with van der Waals surface area (Å²) >= 11 is 3.56. The third kappa shape index (κ3) is 2.75. The lowest BCUT2D eigenvalue weighted by molar-refractivity contribution is 0.0933. The minimum absolute atomic E-state index is 0.0302. The Balaban J connectivity index is 1.58. The second-order valence-corrected chi connectivity index (χ2v) is 7.42. The first kappa shape index (κ1) is 15.5. The summed E-state index contributed by atoms with van der Waals surface area (Å²) in [6, 6.07) is 14.3. The van der Waals surface area contributed by atoms with Crippen LogP contribution in [-0.2, 0) is 12.8 Å². The van der Waals surface area contributed by atoms with Gasteiger partial charge >= 0.3 is 0 Å². The quantitative estimate of drug-likeness (QED) is 0.671. The Morgan fingerprint density at radius 3 is 2.92 bits per heavy atom. The van der Waals surface area contributed by atoms with Gasteiger partial charge < -0.3 is 10.3 Å². The van der Waals surface area contributed by atoms with Gasteiger partial charge in [0.1, 0.15) is 0 Å². The van der Waals surface area contributed by atoms with Crippen molar-refractivity contribution in [2.24, 2.45) is 0 Å². The fourth-order valence-corrected chi connectivity index (χ4v) is 3.96. The van der Waals surface area contributed by atoms with Gasteiger partial charge in [-0.2, -0.15) is 0 Å². The van der Waals surface area contributed by atoms with Crippen molar-refractivity contribution < 1.29 is 4.79 Å². The van der Waals surface area contributed by atoms with E-state index in [4.69, 9.17) is 0 Å². The van der Waals surface area contributed by atoms with Gasteiger partial charge in [-0.05, 0) is 61.6 Å².